The third-order valence-electron chi connectivity index (χ3n) is 8.29. The molecule has 0 aliphatic rings. The van der Waals surface area contributed by atoms with Crippen LogP contribution in [0.3, 0.4) is 0 Å². The average molecular weight is 597 g/mol. The van der Waals surface area contributed by atoms with E-state index in [9.17, 15) is 0 Å². The summed E-state index contributed by atoms with van der Waals surface area (Å²) in [5.74, 6) is 0. The molecular weight excluding hydrogens is 569 g/mol. The van der Waals surface area contributed by atoms with Crippen molar-refractivity contribution in [1.29, 1.82) is 0 Å². The maximum absolute atomic E-state index is 5.11. The number of benzene rings is 3. The largest absolute Gasteiger partial charge is 0.308 e. The molecule has 0 fully saturated rings. The van der Waals surface area contributed by atoms with Crippen molar-refractivity contribution in [3.63, 3.8) is 0 Å². The molecule has 45 heavy (non-hydrogen) atoms. The van der Waals surface area contributed by atoms with E-state index in [2.05, 4.69) is 100.0 Å². The van der Waals surface area contributed by atoms with Gasteiger partial charge in [-0.25, -0.2) is 0 Å². The fourth-order valence-corrected chi connectivity index (χ4v) is 7.28. The molecule has 5 heteroatoms. The van der Waals surface area contributed by atoms with Crippen LogP contribution in [-0.2, 0) is 0 Å². The highest BCUT2D eigenvalue weighted by Crippen LogP contribution is 2.41. The molecular formula is C40H28N4S. The summed E-state index contributed by atoms with van der Waals surface area (Å²) in [5, 5.41) is 3.66. The third kappa shape index (κ3) is 4.65. The van der Waals surface area contributed by atoms with Crippen molar-refractivity contribution in [2.24, 2.45) is 0 Å². The average Bonchev–Trinajstić information content (AvgIpc) is 3.62. The van der Waals surface area contributed by atoms with Gasteiger partial charge in [0.25, 0.3) is 0 Å². The van der Waals surface area contributed by atoms with Crippen LogP contribution in [0.5, 0.6) is 0 Å². The van der Waals surface area contributed by atoms with Crippen LogP contribution in [0.4, 0.5) is 0 Å². The van der Waals surface area contributed by atoms with Gasteiger partial charge in [-0.3, -0.25) is 15.0 Å². The molecule has 0 saturated carbocycles. The Morgan fingerprint density at radius 2 is 1.47 bits per heavy atom. The number of hydrogen-bond donors (Lipinski definition) is 0. The fraction of sp³-hybridized carbons (Fsp3) is 0.0250. The van der Waals surface area contributed by atoms with Crippen molar-refractivity contribution in [1.82, 2.24) is 19.5 Å². The van der Waals surface area contributed by atoms with Gasteiger partial charge in [0.05, 0.1) is 16.6 Å². The summed E-state index contributed by atoms with van der Waals surface area (Å²) in [6, 6.07) is 30.4. The van der Waals surface area contributed by atoms with Crippen molar-refractivity contribution in [2.45, 2.75) is 6.92 Å². The Bertz CT molecular complexity index is 2390. The van der Waals surface area contributed by atoms with Crippen molar-refractivity contribution in [3.8, 4) is 27.9 Å². The van der Waals surface area contributed by atoms with E-state index < -0.39 is 0 Å². The quantitative estimate of drug-likeness (QED) is 0.179. The highest BCUT2D eigenvalue weighted by atomic mass is 32.1. The Kier molecular flexibility index (Phi) is 6.66. The summed E-state index contributed by atoms with van der Waals surface area (Å²) in [4.78, 5) is 14.0. The summed E-state index contributed by atoms with van der Waals surface area (Å²) in [6.07, 6.45) is 17.4. The third-order valence-corrected chi connectivity index (χ3v) is 9.42. The normalized spacial score (nSPS) is 12.2. The van der Waals surface area contributed by atoms with Gasteiger partial charge >= 0.3 is 0 Å². The molecule has 0 unspecified atom stereocenters. The Hall–Kier alpha value is -5.65. The van der Waals surface area contributed by atoms with Crippen LogP contribution < -0.4 is 0 Å². The van der Waals surface area contributed by atoms with Crippen molar-refractivity contribution >= 4 is 59.0 Å². The second kappa shape index (κ2) is 11.1. The van der Waals surface area contributed by atoms with E-state index in [0.717, 1.165) is 61.0 Å². The van der Waals surface area contributed by atoms with Gasteiger partial charge in [-0.2, -0.15) is 0 Å². The Morgan fingerprint density at radius 1 is 0.711 bits per heavy atom. The van der Waals surface area contributed by atoms with Gasteiger partial charge in [0.2, 0.25) is 0 Å². The number of fused-ring (bicyclic) bond motifs is 6. The van der Waals surface area contributed by atoms with Gasteiger partial charge in [0.1, 0.15) is 0 Å². The summed E-state index contributed by atoms with van der Waals surface area (Å²) in [7, 11) is 0. The highest BCUT2D eigenvalue weighted by Gasteiger charge is 2.19. The van der Waals surface area contributed by atoms with Crippen LogP contribution in [0, 0.1) is 0 Å². The number of rotatable bonds is 6. The molecule has 8 aromatic rings. The molecule has 0 bridgehead atoms. The van der Waals surface area contributed by atoms with Crippen LogP contribution >= 0.6 is 11.3 Å². The van der Waals surface area contributed by atoms with Gasteiger partial charge in [0, 0.05) is 78.9 Å². The maximum Gasteiger partial charge on any atom is 0.0964 e. The summed E-state index contributed by atoms with van der Waals surface area (Å²) in [6.45, 7) is 6.11. The molecule has 0 atom stereocenters. The molecule has 8 rings (SSSR count). The lowest BCUT2D eigenvalue weighted by Crippen LogP contribution is -1.97. The fourth-order valence-electron chi connectivity index (χ4n) is 6.15. The van der Waals surface area contributed by atoms with E-state index >= 15 is 0 Å². The van der Waals surface area contributed by atoms with E-state index in [-0.39, 0.29) is 0 Å². The maximum atomic E-state index is 5.11. The van der Waals surface area contributed by atoms with Gasteiger partial charge in [-0.05, 0) is 78.2 Å². The van der Waals surface area contributed by atoms with Crippen LogP contribution in [0.25, 0.3) is 75.6 Å². The molecule has 5 heterocycles. The van der Waals surface area contributed by atoms with Crippen LogP contribution in [-0.4, -0.2) is 19.5 Å². The molecule has 5 aromatic heterocycles. The lowest BCUT2D eigenvalue weighted by molar-refractivity contribution is 1.17. The Morgan fingerprint density at radius 3 is 2.16 bits per heavy atom. The number of hydrogen-bond acceptors (Lipinski definition) is 4. The van der Waals surface area contributed by atoms with Gasteiger partial charge in [0.15, 0.2) is 0 Å². The standard InChI is InChI=1S/C40H28N4S/c1-3-5-10-26(4-2)31-20-37-40(43-25-31)35-21-34-33-13-6-7-14-38(33)45-39(34)22-36(35)44(37)32-18-29(27-11-8-15-41-23-27)17-30(19-32)28-12-9-16-42-24-28/h3-25H,2H2,1H3/b5-3-,26-10+. The zero-order valence-electron chi connectivity index (χ0n) is 24.7. The molecule has 0 aliphatic carbocycles. The molecule has 0 N–H and O–H groups in total. The summed E-state index contributed by atoms with van der Waals surface area (Å²) in [5.41, 5.74) is 10.5. The minimum Gasteiger partial charge on any atom is -0.308 e. The number of pyridine rings is 3. The lowest BCUT2D eigenvalue weighted by Gasteiger charge is -2.14. The van der Waals surface area contributed by atoms with Crippen LogP contribution in [0.15, 0.2) is 147 Å². The first kappa shape index (κ1) is 26.9. The molecule has 4 nitrogen and oxygen atoms in total. The highest BCUT2D eigenvalue weighted by molar-refractivity contribution is 7.25. The topological polar surface area (TPSA) is 43.6 Å². The summed E-state index contributed by atoms with van der Waals surface area (Å²) >= 11 is 1.83. The Balaban J connectivity index is 1.49. The SMILES string of the molecule is C=C/C(=C\C=C/C)c1cnc2c3cc4c(cc3n(-c3cc(-c5cccnc5)cc(-c5cccnc5)c3)c2c1)sc1ccccc14. The van der Waals surface area contributed by atoms with Crippen molar-refractivity contribution in [2.75, 3.05) is 0 Å². The predicted octanol–water partition coefficient (Wildman–Crippen LogP) is 10.8. The van der Waals surface area contributed by atoms with E-state index in [1.807, 2.05) is 79.6 Å². The van der Waals surface area contributed by atoms with Gasteiger partial charge in [-0.15, -0.1) is 11.3 Å². The van der Waals surface area contributed by atoms with E-state index in [1.165, 1.54) is 20.2 Å². The molecule has 214 valence electrons. The molecule has 3 aromatic carbocycles. The van der Waals surface area contributed by atoms with E-state index in [0.29, 0.717) is 0 Å². The van der Waals surface area contributed by atoms with E-state index in [4.69, 9.17) is 4.98 Å². The van der Waals surface area contributed by atoms with Crippen molar-refractivity contribution < 1.29 is 0 Å². The minimum atomic E-state index is 0.968. The Labute approximate surface area is 265 Å². The van der Waals surface area contributed by atoms with Crippen molar-refractivity contribution in [3.05, 3.63) is 152 Å². The lowest BCUT2D eigenvalue weighted by atomic mass is 9.99. The second-order valence-corrected chi connectivity index (χ2v) is 12.1. The van der Waals surface area contributed by atoms with Gasteiger partial charge in [-0.1, -0.05) is 61.2 Å². The predicted molar refractivity (Wildman–Crippen MR) is 191 cm³/mol. The molecule has 0 spiro atoms. The number of nitrogens with zero attached hydrogens (tertiary/aromatic N) is 4. The minimum absolute atomic E-state index is 0.968. The number of thiophene rings is 1. The zero-order valence-corrected chi connectivity index (χ0v) is 25.5. The first-order valence-corrected chi connectivity index (χ1v) is 15.7. The molecule has 0 amide bonds. The van der Waals surface area contributed by atoms with Gasteiger partial charge < -0.3 is 4.57 Å². The number of allylic oxidation sites excluding steroid dienone is 5. The molecule has 0 aliphatic heterocycles. The second-order valence-electron chi connectivity index (χ2n) is 11.0. The zero-order chi connectivity index (χ0) is 30.3. The first-order chi connectivity index (χ1) is 22.2. The summed E-state index contributed by atoms with van der Waals surface area (Å²) < 4.78 is 4.90. The first-order valence-electron chi connectivity index (χ1n) is 14.9. The van der Waals surface area contributed by atoms with Crippen LogP contribution in [0.2, 0.25) is 0 Å². The monoisotopic (exact) mass is 596 g/mol. The van der Waals surface area contributed by atoms with Crippen LogP contribution in [0.1, 0.15) is 12.5 Å². The number of aromatic nitrogens is 4. The molecule has 0 radical (unpaired) electrons. The smallest absolute Gasteiger partial charge is 0.0964 e. The molecule has 0 saturated heterocycles. The van der Waals surface area contributed by atoms with E-state index in [1.54, 1.807) is 0 Å².